The molecule has 15 heavy (non-hydrogen) atoms. The van der Waals surface area contributed by atoms with Crippen LogP contribution in [0.5, 0.6) is 5.75 Å². The quantitative estimate of drug-likeness (QED) is 0.693. The fraction of sp³-hybridized carbons (Fsp3) is 0.455. The van der Waals surface area contributed by atoms with Gasteiger partial charge in [0.05, 0.1) is 0 Å². The first-order valence-corrected chi connectivity index (χ1v) is 5.31. The van der Waals surface area contributed by atoms with E-state index in [0.29, 0.717) is 6.61 Å². The van der Waals surface area contributed by atoms with Crippen molar-refractivity contribution in [3.63, 3.8) is 0 Å². The summed E-state index contributed by atoms with van der Waals surface area (Å²) in [5.74, 6) is 0.867. The molecule has 2 aliphatic rings. The minimum atomic E-state index is 0.567. The molecule has 1 fully saturated rings. The molecule has 3 rings (SSSR count). The molecule has 0 atom stereocenters. The van der Waals surface area contributed by atoms with Crippen LogP contribution in [-0.2, 0) is 11.5 Å². The topological polar surface area (TPSA) is 33.7 Å². The Morgan fingerprint density at radius 1 is 1.20 bits per heavy atom. The summed E-state index contributed by atoms with van der Waals surface area (Å²) in [5.41, 5.74) is 2.36. The van der Waals surface area contributed by atoms with E-state index in [-0.39, 0.29) is 0 Å². The molecule has 0 spiro atoms. The monoisotopic (exact) mass is 206 g/mol. The zero-order valence-electron chi connectivity index (χ0n) is 8.53. The van der Waals surface area contributed by atoms with Gasteiger partial charge < -0.3 is 15.1 Å². The summed E-state index contributed by atoms with van der Waals surface area (Å²) in [6.45, 7) is 4.78. The van der Waals surface area contributed by atoms with Gasteiger partial charge in [-0.1, -0.05) is 6.07 Å². The SMILES string of the molecule is c1cc2c(cc1N1CCNCC1)OOC2. The molecule has 0 amide bonds. The van der Waals surface area contributed by atoms with Gasteiger partial charge in [-0.3, -0.25) is 0 Å². The number of benzene rings is 1. The molecule has 2 heterocycles. The highest BCUT2D eigenvalue weighted by Gasteiger charge is 2.17. The van der Waals surface area contributed by atoms with Gasteiger partial charge in [0.2, 0.25) is 0 Å². The van der Waals surface area contributed by atoms with Crippen molar-refractivity contribution in [3.05, 3.63) is 23.8 Å². The zero-order chi connectivity index (χ0) is 10.1. The third kappa shape index (κ3) is 1.66. The van der Waals surface area contributed by atoms with Crippen LogP contribution in [0.25, 0.3) is 0 Å². The molecule has 0 aliphatic carbocycles. The average molecular weight is 206 g/mol. The molecule has 0 unspecified atom stereocenters. The smallest absolute Gasteiger partial charge is 0.173 e. The van der Waals surface area contributed by atoms with Crippen molar-refractivity contribution < 1.29 is 9.78 Å². The molecule has 0 bridgehead atoms. The van der Waals surface area contributed by atoms with Gasteiger partial charge in [-0.25, -0.2) is 0 Å². The van der Waals surface area contributed by atoms with Crippen LogP contribution in [-0.4, -0.2) is 26.2 Å². The summed E-state index contributed by atoms with van der Waals surface area (Å²) in [6, 6.07) is 6.29. The van der Waals surface area contributed by atoms with Gasteiger partial charge in [-0.05, 0) is 6.07 Å². The Balaban J connectivity index is 1.85. The number of nitrogens with one attached hydrogen (secondary N) is 1. The summed E-state index contributed by atoms with van der Waals surface area (Å²) in [4.78, 5) is 12.4. The van der Waals surface area contributed by atoms with E-state index in [2.05, 4.69) is 28.4 Å². The molecular formula is C11H14N2O2. The van der Waals surface area contributed by atoms with E-state index in [1.165, 1.54) is 5.69 Å². The van der Waals surface area contributed by atoms with Gasteiger partial charge in [0, 0.05) is 43.5 Å². The van der Waals surface area contributed by atoms with Gasteiger partial charge in [-0.15, -0.1) is 0 Å². The fourth-order valence-electron chi connectivity index (χ4n) is 2.02. The number of fused-ring (bicyclic) bond motifs is 1. The van der Waals surface area contributed by atoms with Gasteiger partial charge in [0.25, 0.3) is 0 Å². The normalized spacial score (nSPS) is 19.9. The standard InChI is InChI=1S/C11H14N2O2/c1-2-10(13-5-3-12-4-6-13)7-11-9(1)8-14-15-11/h1-2,7,12H,3-6,8H2. The van der Waals surface area contributed by atoms with E-state index in [0.717, 1.165) is 37.5 Å². The van der Waals surface area contributed by atoms with Crippen LogP contribution in [0, 0.1) is 0 Å². The van der Waals surface area contributed by atoms with Crippen LogP contribution in [0.2, 0.25) is 0 Å². The molecule has 1 saturated heterocycles. The van der Waals surface area contributed by atoms with Crippen LogP contribution in [0.1, 0.15) is 5.56 Å². The van der Waals surface area contributed by atoms with Gasteiger partial charge in [-0.2, -0.15) is 4.89 Å². The lowest BCUT2D eigenvalue weighted by molar-refractivity contribution is -0.194. The van der Waals surface area contributed by atoms with Crippen LogP contribution in [0.4, 0.5) is 5.69 Å². The Bertz CT molecular complexity index is 362. The number of nitrogens with zero attached hydrogens (tertiary/aromatic N) is 1. The predicted molar refractivity (Wildman–Crippen MR) is 56.9 cm³/mol. The van der Waals surface area contributed by atoms with Crippen molar-refractivity contribution in [2.24, 2.45) is 0 Å². The maximum absolute atomic E-state index is 5.09. The second-order valence-electron chi connectivity index (χ2n) is 3.87. The molecule has 0 radical (unpaired) electrons. The van der Waals surface area contributed by atoms with Crippen molar-refractivity contribution in [2.75, 3.05) is 31.1 Å². The first-order valence-electron chi connectivity index (χ1n) is 5.31. The lowest BCUT2D eigenvalue weighted by Gasteiger charge is -2.29. The van der Waals surface area contributed by atoms with Crippen molar-refractivity contribution >= 4 is 5.69 Å². The van der Waals surface area contributed by atoms with Crippen LogP contribution in [0.3, 0.4) is 0 Å². The summed E-state index contributed by atoms with van der Waals surface area (Å²) in [6.07, 6.45) is 0. The van der Waals surface area contributed by atoms with E-state index in [4.69, 9.17) is 9.78 Å². The Kier molecular flexibility index (Phi) is 2.23. The Morgan fingerprint density at radius 2 is 2.07 bits per heavy atom. The Morgan fingerprint density at radius 3 is 2.93 bits per heavy atom. The molecule has 0 saturated carbocycles. The van der Waals surface area contributed by atoms with Gasteiger partial charge >= 0.3 is 0 Å². The number of piperazine rings is 1. The molecule has 4 nitrogen and oxygen atoms in total. The first kappa shape index (κ1) is 9.00. The minimum absolute atomic E-state index is 0.567. The van der Waals surface area contributed by atoms with Crippen molar-refractivity contribution in [3.8, 4) is 5.75 Å². The third-order valence-electron chi connectivity index (χ3n) is 2.90. The highest BCUT2D eigenvalue weighted by atomic mass is 17.2. The Labute approximate surface area is 88.7 Å². The summed E-state index contributed by atoms with van der Waals surface area (Å²) >= 11 is 0. The van der Waals surface area contributed by atoms with Crippen LogP contribution >= 0.6 is 0 Å². The van der Waals surface area contributed by atoms with Crippen molar-refractivity contribution in [2.45, 2.75) is 6.61 Å². The Hall–Kier alpha value is -1.26. The third-order valence-corrected chi connectivity index (χ3v) is 2.90. The van der Waals surface area contributed by atoms with Crippen LogP contribution in [0.15, 0.2) is 18.2 Å². The predicted octanol–water partition coefficient (Wildman–Crippen LogP) is 0.920. The maximum atomic E-state index is 5.09. The van der Waals surface area contributed by atoms with E-state index < -0.39 is 0 Å². The second-order valence-corrected chi connectivity index (χ2v) is 3.87. The molecular weight excluding hydrogens is 192 g/mol. The molecule has 1 aromatic rings. The lowest BCUT2D eigenvalue weighted by atomic mass is 10.1. The summed E-state index contributed by atoms with van der Waals surface area (Å²) in [7, 11) is 0. The van der Waals surface area contributed by atoms with E-state index >= 15 is 0 Å². The van der Waals surface area contributed by atoms with E-state index in [1.807, 2.05) is 0 Å². The summed E-state index contributed by atoms with van der Waals surface area (Å²) < 4.78 is 0. The van der Waals surface area contributed by atoms with Gasteiger partial charge in [0.15, 0.2) is 5.75 Å². The number of anilines is 1. The summed E-state index contributed by atoms with van der Waals surface area (Å²) in [5, 5.41) is 3.34. The number of hydrogen-bond acceptors (Lipinski definition) is 4. The molecule has 0 aromatic heterocycles. The fourth-order valence-corrected chi connectivity index (χ4v) is 2.02. The average Bonchev–Trinajstić information content (AvgIpc) is 2.77. The number of hydrogen-bond donors (Lipinski definition) is 1. The second kappa shape index (κ2) is 3.72. The van der Waals surface area contributed by atoms with Gasteiger partial charge in [0.1, 0.15) is 6.61 Å². The van der Waals surface area contributed by atoms with Crippen molar-refractivity contribution in [1.82, 2.24) is 5.32 Å². The highest BCUT2D eigenvalue weighted by molar-refractivity contribution is 5.54. The zero-order valence-corrected chi connectivity index (χ0v) is 8.53. The molecule has 1 aromatic carbocycles. The lowest BCUT2D eigenvalue weighted by Crippen LogP contribution is -2.43. The van der Waals surface area contributed by atoms with E-state index in [1.54, 1.807) is 0 Å². The highest BCUT2D eigenvalue weighted by Crippen LogP contribution is 2.30. The first-order chi connectivity index (χ1) is 7.43. The molecule has 1 N–H and O–H groups in total. The largest absolute Gasteiger partial charge is 0.369 e. The molecule has 2 aliphatic heterocycles. The van der Waals surface area contributed by atoms with Crippen LogP contribution < -0.4 is 15.1 Å². The molecule has 80 valence electrons. The maximum Gasteiger partial charge on any atom is 0.173 e. The van der Waals surface area contributed by atoms with Crippen molar-refractivity contribution in [1.29, 1.82) is 0 Å². The van der Waals surface area contributed by atoms with E-state index in [9.17, 15) is 0 Å². The number of rotatable bonds is 1. The molecule has 4 heteroatoms. The minimum Gasteiger partial charge on any atom is -0.369 e.